The number of likely N-dealkylation sites (N-methyl/N-ethyl adjacent to an activating group) is 1. The molecule has 0 saturated heterocycles. The highest BCUT2D eigenvalue weighted by Crippen LogP contribution is 2.07. The van der Waals surface area contributed by atoms with E-state index in [9.17, 15) is 4.79 Å². The molecule has 0 bridgehead atoms. The van der Waals surface area contributed by atoms with Gasteiger partial charge in [-0.3, -0.25) is 4.79 Å². The van der Waals surface area contributed by atoms with Crippen molar-refractivity contribution in [3.8, 4) is 0 Å². The second-order valence-corrected chi connectivity index (χ2v) is 4.89. The van der Waals surface area contributed by atoms with Crippen molar-refractivity contribution >= 4 is 11.6 Å². The zero-order chi connectivity index (χ0) is 14.8. The SMILES string of the molecule is COCCN(C)CCNC(=O)CCc1ccc(N)cc1. The largest absolute Gasteiger partial charge is 0.399 e. The van der Waals surface area contributed by atoms with E-state index in [4.69, 9.17) is 10.5 Å². The first kappa shape index (κ1) is 16.5. The number of aryl methyl sites for hydroxylation is 1. The van der Waals surface area contributed by atoms with Gasteiger partial charge in [-0.05, 0) is 31.2 Å². The lowest BCUT2D eigenvalue weighted by atomic mass is 10.1. The van der Waals surface area contributed by atoms with Crippen LogP contribution in [0.2, 0.25) is 0 Å². The van der Waals surface area contributed by atoms with Crippen molar-refractivity contribution in [3.63, 3.8) is 0 Å². The smallest absolute Gasteiger partial charge is 0.220 e. The molecule has 0 radical (unpaired) electrons. The van der Waals surface area contributed by atoms with Crippen LogP contribution in [0, 0.1) is 0 Å². The summed E-state index contributed by atoms with van der Waals surface area (Å²) >= 11 is 0. The second-order valence-electron chi connectivity index (χ2n) is 4.89. The minimum Gasteiger partial charge on any atom is -0.399 e. The zero-order valence-electron chi connectivity index (χ0n) is 12.4. The molecule has 1 aromatic rings. The predicted molar refractivity (Wildman–Crippen MR) is 81.6 cm³/mol. The van der Waals surface area contributed by atoms with Gasteiger partial charge >= 0.3 is 0 Å². The third-order valence-corrected chi connectivity index (χ3v) is 3.11. The molecular formula is C15H25N3O2. The fraction of sp³-hybridized carbons (Fsp3) is 0.533. The number of nitrogen functional groups attached to an aromatic ring is 1. The molecule has 0 spiro atoms. The Hall–Kier alpha value is -1.59. The number of anilines is 1. The maximum absolute atomic E-state index is 11.7. The van der Waals surface area contributed by atoms with Crippen molar-refractivity contribution in [1.29, 1.82) is 0 Å². The number of nitrogens with two attached hydrogens (primary N) is 1. The average Bonchev–Trinajstić information content (AvgIpc) is 2.44. The van der Waals surface area contributed by atoms with Gasteiger partial charge in [0.2, 0.25) is 5.91 Å². The lowest BCUT2D eigenvalue weighted by molar-refractivity contribution is -0.121. The van der Waals surface area contributed by atoms with Crippen LogP contribution >= 0.6 is 0 Å². The third kappa shape index (κ3) is 7.11. The molecule has 5 nitrogen and oxygen atoms in total. The highest BCUT2D eigenvalue weighted by Gasteiger charge is 2.03. The number of hydrogen-bond donors (Lipinski definition) is 2. The lowest BCUT2D eigenvalue weighted by Gasteiger charge is -2.16. The van der Waals surface area contributed by atoms with E-state index in [0.29, 0.717) is 19.6 Å². The summed E-state index contributed by atoms with van der Waals surface area (Å²) in [6, 6.07) is 7.64. The molecule has 3 N–H and O–H groups in total. The van der Waals surface area contributed by atoms with Crippen LogP contribution in [0.25, 0.3) is 0 Å². The monoisotopic (exact) mass is 279 g/mol. The molecule has 0 aliphatic heterocycles. The van der Waals surface area contributed by atoms with Crippen molar-refractivity contribution in [3.05, 3.63) is 29.8 Å². The molecule has 0 unspecified atom stereocenters. The van der Waals surface area contributed by atoms with Crippen LogP contribution in [0.3, 0.4) is 0 Å². The molecule has 0 saturated carbocycles. The highest BCUT2D eigenvalue weighted by molar-refractivity contribution is 5.76. The van der Waals surface area contributed by atoms with Gasteiger partial charge in [0.05, 0.1) is 6.61 Å². The van der Waals surface area contributed by atoms with Crippen molar-refractivity contribution in [2.24, 2.45) is 0 Å². The van der Waals surface area contributed by atoms with Gasteiger partial charge in [0, 0.05) is 38.9 Å². The summed E-state index contributed by atoms with van der Waals surface area (Å²) in [5.74, 6) is 0.0852. The highest BCUT2D eigenvalue weighted by atomic mass is 16.5. The molecule has 0 aliphatic carbocycles. The number of benzene rings is 1. The Bertz CT molecular complexity index is 393. The minimum atomic E-state index is 0.0852. The molecule has 5 heteroatoms. The predicted octanol–water partition coefficient (Wildman–Crippen LogP) is 0.896. The zero-order valence-corrected chi connectivity index (χ0v) is 12.4. The molecule has 1 rings (SSSR count). The molecule has 112 valence electrons. The van der Waals surface area contributed by atoms with E-state index < -0.39 is 0 Å². The van der Waals surface area contributed by atoms with E-state index in [-0.39, 0.29) is 5.91 Å². The van der Waals surface area contributed by atoms with Crippen LogP contribution in [0.5, 0.6) is 0 Å². The Morgan fingerprint density at radius 2 is 2.00 bits per heavy atom. The number of nitrogens with zero attached hydrogens (tertiary/aromatic N) is 1. The fourth-order valence-corrected chi connectivity index (χ4v) is 1.78. The van der Waals surface area contributed by atoms with Gasteiger partial charge in [-0.15, -0.1) is 0 Å². The molecule has 0 aliphatic rings. The number of amides is 1. The number of nitrogens with one attached hydrogen (secondary N) is 1. The van der Waals surface area contributed by atoms with Crippen LogP contribution in [0.4, 0.5) is 5.69 Å². The number of hydrogen-bond acceptors (Lipinski definition) is 4. The number of rotatable bonds is 9. The number of carbonyl (C=O) groups is 1. The van der Waals surface area contributed by atoms with Gasteiger partial charge in [0.25, 0.3) is 0 Å². The van der Waals surface area contributed by atoms with E-state index >= 15 is 0 Å². The van der Waals surface area contributed by atoms with Crippen molar-refractivity contribution in [1.82, 2.24) is 10.2 Å². The van der Waals surface area contributed by atoms with E-state index in [0.717, 1.165) is 30.8 Å². The molecule has 1 aromatic carbocycles. The molecule has 0 fully saturated rings. The Labute approximate surface area is 121 Å². The summed E-state index contributed by atoms with van der Waals surface area (Å²) in [6.07, 6.45) is 1.25. The summed E-state index contributed by atoms with van der Waals surface area (Å²) in [6.45, 7) is 3.08. The molecule has 0 atom stereocenters. The number of ether oxygens (including phenoxy) is 1. The lowest BCUT2D eigenvalue weighted by Crippen LogP contribution is -2.34. The molecule has 20 heavy (non-hydrogen) atoms. The summed E-state index contributed by atoms with van der Waals surface area (Å²) in [4.78, 5) is 13.8. The molecular weight excluding hydrogens is 254 g/mol. The van der Waals surface area contributed by atoms with Crippen molar-refractivity contribution in [2.75, 3.05) is 46.1 Å². The van der Waals surface area contributed by atoms with Crippen LogP contribution in [0.1, 0.15) is 12.0 Å². The topological polar surface area (TPSA) is 67.6 Å². The van der Waals surface area contributed by atoms with Crippen LogP contribution in [-0.4, -0.2) is 51.2 Å². The molecule has 1 amide bonds. The van der Waals surface area contributed by atoms with Crippen LogP contribution in [-0.2, 0) is 16.0 Å². The summed E-state index contributed by atoms with van der Waals surface area (Å²) in [7, 11) is 3.70. The maximum atomic E-state index is 11.7. The summed E-state index contributed by atoms with van der Waals surface area (Å²) < 4.78 is 5.00. The average molecular weight is 279 g/mol. The first-order valence-electron chi connectivity index (χ1n) is 6.90. The normalized spacial score (nSPS) is 10.8. The fourth-order valence-electron chi connectivity index (χ4n) is 1.78. The van der Waals surface area contributed by atoms with Gasteiger partial charge in [0.15, 0.2) is 0 Å². The Morgan fingerprint density at radius 3 is 2.65 bits per heavy atom. The van der Waals surface area contributed by atoms with Crippen LogP contribution in [0.15, 0.2) is 24.3 Å². The van der Waals surface area contributed by atoms with Gasteiger partial charge in [-0.25, -0.2) is 0 Å². The second kappa shape index (κ2) is 9.34. The summed E-state index contributed by atoms with van der Waals surface area (Å²) in [5, 5.41) is 2.93. The van der Waals surface area contributed by atoms with E-state index in [2.05, 4.69) is 10.2 Å². The summed E-state index contributed by atoms with van der Waals surface area (Å²) in [5.41, 5.74) is 7.50. The van der Waals surface area contributed by atoms with Crippen LogP contribution < -0.4 is 11.1 Å². The van der Waals surface area contributed by atoms with E-state index in [1.54, 1.807) is 7.11 Å². The first-order chi connectivity index (χ1) is 9.61. The Balaban J connectivity index is 2.12. The maximum Gasteiger partial charge on any atom is 0.220 e. The quantitative estimate of drug-likeness (QED) is 0.659. The molecule has 0 aromatic heterocycles. The number of methoxy groups -OCH3 is 1. The third-order valence-electron chi connectivity index (χ3n) is 3.11. The van der Waals surface area contributed by atoms with Crippen molar-refractivity contribution in [2.45, 2.75) is 12.8 Å². The van der Waals surface area contributed by atoms with E-state index in [1.807, 2.05) is 31.3 Å². The molecule has 0 heterocycles. The van der Waals surface area contributed by atoms with Gasteiger partial charge < -0.3 is 20.7 Å². The van der Waals surface area contributed by atoms with Gasteiger partial charge in [-0.1, -0.05) is 12.1 Å². The standard InChI is InChI=1S/C15H25N3O2/c1-18(11-12-20-2)10-9-17-15(19)8-5-13-3-6-14(16)7-4-13/h3-4,6-7H,5,8-12,16H2,1-2H3,(H,17,19). The van der Waals surface area contributed by atoms with Gasteiger partial charge in [0.1, 0.15) is 0 Å². The first-order valence-corrected chi connectivity index (χ1v) is 6.90. The minimum absolute atomic E-state index is 0.0852. The Kier molecular flexibility index (Phi) is 7.69. The Morgan fingerprint density at radius 1 is 1.30 bits per heavy atom. The van der Waals surface area contributed by atoms with Gasteiger partial charge in [-0.2, -0.15) is 0 Å². The van der Waals surface area contributed by atoms with E-state index in [1.165, 1.54) is 0 Å². The van der Waals surface area contributed by atoms with Crippen molar-refractivity contribution < 1.29 is 9.53 Å². The number of carbonyl (C=O) groups excluding carboxylic acids is 1.